The first-order chi connectivity index (χ1) is 9.88. The summed E-state index contributed by atoms with van der Waals surface area (Å²) in [5.74, 6) is 0.678. The molecule has 0 aliphatic carbocycles. The Morgan fingerprint density at radius 1 is 1.38 bits per heavy atom. The molecule has 0 spiro atoms. The zero-order valence-electron chi connectivity index (χ0n) is 12.3. The molecule has 0 saturated heterocycles. The van der Waals surface area contributed by atoms with Gasteiger partial charge in [-0.3, -0.25) is 4.79 Å². The SMILES string of the molecule is Cc1cc(Br)cc(NC(=O)CCc2c(C)noc2C)c1N. The van der Waals surface area contributed by atoms with Crippen LogP contribution in [-0.2, 0) is 11.2 Å². The quantitative estimate of drug-likeness (QED) is 0.825. The lowest BCUT2D eigenvalue weighted by molar-refractivity contribution is -0.116. The molecular formula is C15H18BrN3O2. The van der Waals surface area contributed by atoms with E-state index in [1.807, 2.05) is 26.8 Å². The van der Waals surface area contributed by atoms with Gasteiger partial charge in [0.25, 0.3) is 0 Å². The second-order valence-corrected chi connectivity index (χ2v) is 5.95. The molecule has 1 amide bonds. The zero-order chi connectivity index (χ0) is 15.6. The van der Waals surface area contributed by atoms with E-state index < -0.39 is 0 Å². The van der Waals surface area contributed by atoms with Gasteiger partial charge < -0.3 is 15.6 Å². The summed E-state index contributed by atoms with van der Waals surface area (Å²) in [5, 5.41) is 6.73. The fraction of sp³-hybridized carbons (Fsp3) is 0.333. The van der Waals surface area contributed by atoms with E-state index in [0.717, 1.165) is 27.1 Å². The summed E-state index contributed by atoms with van der Waals surface area (Å²) in [6, 6.07) is 3.71. The number of nitrogens with one attached hydrogen (secondary N) is 1. The topological polar surface area (TPSA) is 81.2 Å². The fourth-order valence-corrected chi connectivity index (χ4v) is 2.74. The minimum Gasteiger partial charge on any atom is -0.397 e. The van der Waals surface area contributed by atoms with Crippen molar-refractivity contribution in [1.29, 1.82) is 0 Å². The minimum atomic E-state index is -0.0841. The van der Waals surface area contributed by atoms with Gasteiger partial charge in [0.15, 0.2) is 0 Å². The van der Waals surface area contributed by atoms with Crippen molar-refractivity contribution < 1.29 is 9.32 Å². The molecule has 0 radical (unpaired) electrons. The normalized spacial score (nSPS) is 10.7. The van der Waals surface area contributed by atoms with E-state index in [0.29, 0.717) is 24.2 Å². The van der Waals surface area contributed by atoms with Crippen LogP contribution in [0.1, 0.15) is 29.0 Å². The molecule has 0 saturated carbocycles. The van der Waals surface area contributed by atoms with Crippen LogP contribution in [0.3, 0.4) is 0 Å². The molecule has 2 rings (SSSR count). The standard InChI is InChI=1S/C15H18BrN3O2/c1-8-6-11(16)7-13(15(8)17)18-14(20)5-4-12-9(2)19-21-10(12)3/h6-7H,4-5,17H2,1-3H3,(H,18,20). The van der Waals surface area contributed by atoms with Crippen molar-refractivity contribution in [3.63, 3.8) is 0 Å². The Balaban J connectivity index is 2.03. The molecule has 21 heavy (non-hydrogen) atoms. The van der Waals surface area contributed by atoms with Gasteiger partial charge in [-0.2, -0.15) is 0 Å². The number of rotatable bonds is 4. The molecule has 0 unspecified atom stereocenters. The van der Waals surface area contributed by atoms with E-state index in [9.17, 15) is 4.79 Å². The van der Waals surface area contributed by atoms with Crippen LogP contribution in [0.5, 0.6) is 0 Å². The number of carbonyl (C=O) groups is 1. The summed E-state index contributed by atoms with van der Waals surface area (Å²) in [6.45, 7) is 5.63. The first-order valence-electron chi connectivity index (χ1n) is 6.65. The molecule has 3 N–H and O–H groups in total. The van der Waals surface area contributed by atoms with Gasteiger partial charge in [0.1, 0.15) is 5.76 Å². The Bertz CT molecular complexity index is 660. The summed E-state index contributed by atoms with van der Waals surface area (Å²) in [7, 11) is 0. The number of nitrogens with two attached hydrogens (primary N) is 1. The number of halogens is 1. The van der Waals surface area contributed by atoms with E-state index in [1.54, 1.807) is 6.07 Å². The highest BCUT2D eigenvalue weighted by Gasteiger charge is 2.12. The Kier molecular flexibility index (Phi) is 4.67. The molecular weight excluding hydrogens is 334 g/mol. The summed E-state index contributed by atoms with van der Waals surface area (Å²) in [5.41, 5.74) is 9.94. The molecule has 1 aromatic carbocycles. The van der Waals surface area contributed by atoms with Crippen LogP contribution in [0.25, 0.3) is 0 Å². The van der Waals surface area contributed by atoms with Crippen LogP contribution in [0, 0.1) is 20.8 Å². The van der Waals surface area contributed by atoms with Gasteiger partial charge in [0.2, 0.25) is 5.91 Å². The molecule has 5 nitrogen and oxygen atoms in total. The lowest BCUT2D eigenvalue weighted by Crippen LogP contribution is -2.14. The summed E-state index contributed by atoms with van der Waals surface area (Å²) in [6.07, 6.45) is 0.952. The second kappa shape index (κ2) is 6.30. The third kappa shape index (κ3) is 3.64. The van der Waals surface area contributed by atoms with Crippen LogP contribution in [0.15, 0.2) is 21.1 Å². The van der Waals surface area contributed by atoms with E-state index in [4.69, 9.17) is 10.3 Å². The molecule has 1 heterocycles. The molecule has 112 valence electrons. The van der Waals surface area contributed by atoms with Gasteiger partial charge in [0, 0.05) is 16.5 Å². The van der Waals surface area contributed by atoms with Crippen LogP contribution in [0.4, 0.5) is 11.4 Å². The third-order valence-corrected chi connectivity index (χ3v) is 3.87. The van der Waals surface area contributed by atoms with Crippen molar-refractivity contribution in [3.8, 4) is 0 Å². The molecule has 0 bridgehead atoms. The number of hydrogen-bond acceptors (Lipinski definition) is 4. The largest absolute Gasteiger partial charge is 0.397 e. The Morgan fingerprint density at radius 3 is 2.71 bits per heavy atom. The van der Waals surface area contributed by atoms with Gasteiger partial charge in [-0.25, -0.2) is 0 Å². The number of nitrogens with zero attached hydrogens (tertiary/aromatic N) is 1. The third-order valence-electron chi connectivity index (χ3n) is 3.41. The van der Waals surface area contributed by atoms with Crippen LogP contribution < -0.4 is 11.1 Å². The number of nitrogen functional groups attached to an aromatic ring is 1. The van der Waals surface area contributed by atoms with Crippen molar-refractivity contribution in [3.05, 3.63) is 39.2 Å². The first kappa shape index (κ1) is 15.6. The number of aromatic nitrogens is 1. The predicted molar refractivity (Wildman–Crippen MR) is 86.2 cm³/mol. The first-order valence-corrected chi connectivity index (χ1v) is 7.45. The van der Waals surface area contributed by atoms with Gasteiger partial charge in [-0.1, -0.05) is 21.1 Å². The summed E-state index contributed by atoms with van der Waals surface area (Å²) in [4.78, 5) is 12.1. The maximum Gasteiger partial charge on any atom is 0.224 e. The predicted octanol–water partition coefficient (Wildman–Crippen LogP) is 3.52. The highest BCUT2D eigenvalue weighted by Crippen LogP contribution is 2.27. The molecule has 0 fully saturated rings. The number of benzene rings is 1. The van der Waals surface area contributed by atoms with Crippen LogP contribution >= 0.6 is 15.9 Å². The molecule has 2 aromatic rings. The minimum absolute atomic E-state index is 0.0841. The number of carbonyl (C=O) groups excluding carboxylic acids is 1. The van der Waals surface area contributed by atoms with Gasteiger partial charge in [0.05, 0.1) is 17.1 Å². The van der Waals surface area contributed by atoms with E-state index in [-0.39, 0.29) is 5.91 Å². The van der Waals surface area contributed by atoms with Crippen molar-refractivity contribution in [1.82, 2.24) is 5.16 Å². The monoisotopic (exact) mass is 351 g/mol. The molecule has 0 atom stereocenters. The average molecular weight is 352 g/mol. The molecule has 0 aliphatic heterocycles. The maximum absolute atomic E-state index is 12.1. The summed E-state index contributed by atoms with van der Waals surface area (Å²) < 4.78 is 5.97. The highest BCUT2D eigenvalue weighted by molar-refractivity contribution is 9.10. The molecule has 0 aliphatic rings. The van der Waals surface area contributed by atoms with Crippen LogP contribution in [0.2, 0.25) is 0 Å². The van der Waals surface area contributed by atoms with Gasteiger partial charge >= 0.3 is 0 Å². The van der Waals surface area contributed by atoms with E-state index >= 15 is 0 Å². The number of anilines is 2. The van der Waals surface area contributed by atoms with Crippen molar-refractivity contribution in [2.45, 2.75) is 33.6 Å². The Labute approximate surface area is 132 Å². The van der Waals surface area contributed by atoms with Gasteiger partial charge in [-0.05, 0) is 44.9 Å². The Hall–Kier alpha value is -1.82. The lowest BCUT2D eigenvalue weighted by Gasteiger charge is -2.11. The number of hydrogen-bond donors (Lipinski definition) is 2. The second-order valence-electron chi connectivity index (χ2n) is 5.03. The Morgan fingerprint density at radius 2 is 2.10 bits per heavy atom. The highest BCUT2D eigenvalue weighted by atomic mass is 79.9. The fourth-order valence-electron chi connectivity index (χ4n) is 2.17. The van der Waals surface area contributed by atoms with Gasteiger partial charge in [-0.15, -0.1) is 0 Å². The number of amides is 1. The summed E-state index contributed by atoms with van der Waals surface area (Å²) >= 11 is 3.40. The van der Waals surface area contributed by atoms with Crippen molar-refractivity contribution in [2.24, 2.45) is 0 Å². The molecule has 1 aromatic heterocycles. The number of aryl methyl sites for hydroxylation is 3. The smallest absolute Gasteiger partial charge is 0.224 e. The van der Waals surface area contributed by atoms with E-state index in [1.165, 1.54) is 0 Å². The molecule has 6 heteroatoms. The van der Waals surface area contributed by atoms with Crippen molar-refractivity contribution in [2.75, 3.05) is 11.1 Å². The zero-order valence-corrected chi connectivity index (χ0v) is 13.9. The van der Waals surface area contributed by atoms with E-state index in [2.05, 4.69) is 26.4 Å². The average Bonchev–Trinajstić information content (AvgIpc) is 2.72. The van der Waals surface area contributed by atoms with Crippen molar-refractivity contribution >= 4 is 33.2 Å². The van der Waals surface area contributed by atoms with Crippen LogP contribution in [-0.4, -0.2) is 11.1 Å². The maximum atomic E-state index is 12.1. The lowest BCUT2D eigenvalue weighted by atomic mass is 10.1.